The lowest BCUT2D eigenvalue weighted by Gasteiger charge is -2.31. The lowest BCUT2D eigenvalue weighted by Crippen LogP contribution is -2.32. The van der Waals surface area contributed by atoms with Crippen LogP contribution in [0.3, 0.4) is 0 Å². The van der Waals surface area contributed by atoms with Crippen LogP contribution in [-0.4, -0.2) is 34.0 Å². The number of carbonyl (C=O) groups is 1. The Morgan fingerprint density at radius 1 is 1.33 bits per heavy atom. The van der Waals surface area contributed by atoms with Crippen molar-refractivity contribution < 1.29 is 4.79 Å². The average molecular weight is 286 g/mol. The van der Waals surface area contributed by atoms with Gasteiger partial charge in [0.05, 0.1) is 12.7 Å². The highest BCUT2D eigenvalue weighted by atomic mass is 16.2. The largest absolute Gasteiger partial charge is 0.369 e. The highest BCUT2D eigenvalue weighted by Gasteiger charge is 2.16. The van der Waals surface area contributed by atoms with E-state index in [2.05, 4.69) is 39.5 Å². The van der Waals surface area contributed by atoms with Crippen LogP contribution < -0.4 is 16.2 Å². The minimum Gasteiger partial charge on any atom is -0.369 e. The smallest absolute Gasteiger partial charge is 0.287 e. The Bertz CT molecular complexity index is 638. The van der Waals surface area contributed by atoms with Crippen molar-refractivity contribution in [1.29, 1.82) is 0 Å². The molecule has 1 aromatic carbocycles. The first kappa shape index (κ1) is 13.6. The molecule has 2 aromatic rings. The van der Waals surface area contributed by atoms with Crippen LogP contribution in [0.5, 0.6) is 0 Å². The lowest BCUT2D eigenvalue weighted by atomic mass is 10.0. The number of carbonyl (C=O) groups excluding carboxylic acids is 1. The molecule has 7 heteroatoms. The summed E-state index contributed by atoms with van der Waals surface area (Å²) in [5.74, 6) is 4.65. The van der Waals surface area contributed by atoms with Gasteiger partial charge in [0, 0.05) is 18.8 Å². The monoisotopic (exact) mass is 286 g/mol. The Morgan fingerprint density at radius 2 is 2.19 bits per heavy atom. The van der Waals surface area contributed by atoms with Gasteiger partial charge in [0.25, 0.3) is 5.91 Å². The number of nitrogen functional groups attached to an aromatic ring is 1. The summed E-state index contributed by atoms with van der Waals surface area (Å²) >= 11 is 0. The quantitative estimate of drug-likeness (QED) is 0.480. The van der Waals surface area contributed by atoms with Crippen molar-refractivity contribution in [2.45, 2.75) is 19.4 Å². The molecule has 0 unspecified atom stereocenters. The summed E-state index contributed by atoms with van der Waals surface area (Å²) in [4.78, 5) is 13.7. The Hall–Kier alpha value is -2.41. The zero-order valence-corrected chi connectivity index (χ0v) is 11.7. The molecule has 7 nitrogen and oxygen atoms in total. The fourth-order valence-electron chi connectivity index (χ4n) is 2.65. The van der Waals surface area contributed by atoms with Gasteiger partial charge in [-0.2, -0.15) is 0 Å². The van der Waals surface area contributed by atoms with Crippen molar-refractivity contribution in [3.8, 4) is 0 Å². The second-order valence-electron chi connectivity index (χ2n) is 5.06. The van der Waals surface area contributed by atoms with Crippen molar-refractivity contribution in [3.05, 3.63) is 41.7 Å². The fraction of sp³-hybridized carbons (Fsp3) is 0.357. The second-order valence-corrected chi connectivity index (χ2v) is 5.06. The van der Waals surface area contributed by atoms with Gasteiger partial charge >= 0.3 is 0 Å². The molecule has 1 aliphatic heterocycles. The Labute approximate surface area is 122 Å². The van der Waals surface area contributed by atoms with Gasteiger partial charge in [-0.25, -0.2) is 10.5 Å². The molecule has 3 N–H and O–H groups in total. The molecule has 110 valence electrons. The summed E-state index contributed by atoms with van der Waals surface area (Å²) in [5, 5.41) is 7.75. The average Bonchev–Trinajstić information content (AvgIpc) is 3.01. The van der Waals surface area contributed by atoms with Crippen LogP contribution >= 0.6 is 0 Å². The number of nitrogens with one attached hydrogen (secondary N) is 1. The Balaban J connectivity index is 1.66. The number of rotatable bonds is 4. The van der Waals surface area contributed by atoms with E-state index in [0.717, 1.165) is 25.9 Å². The maximum absolute atomic E-state index is 11.3. The van der Waals surface area contributed by atoms with Crippen LogP contribution in [0, 0.1) is 0 Å². The third-order valence-electron chi connectivity index (χ3n) is 3.71. The van der Waals surface area contributed by atoms with E-state index < -0.39 is 5.91 Å². The third kappa shape index (κ3) is 2.87. The summed E-state index contributed by atoms with van der Waals surface area (Å²) in [7, 11) is 0. The van der Waals surface area contributed by atoms with E-state index >= 15 is 0 Å². The number of hydrogen-bond acceptors (Lipinski definition) is 5. The van der Waals surface area contributed by atoms with Crippen LogP contribution in [0.25, 0.3) is 0 Å². The molecule has 0 fully saturated rings. The maximum atomic E-state index is 11.3. The number of amides is 1. The molecule has 0 spiro atoms. The van der Waals surface area contributed by atoms with E-state index in [0.29, 0.717) is 6.54 Å². The predicted octanol–water partition coefficient (Wildman–Crippen LogP) is 0.334. The highest BCUT2D eigenvalue weighted by Crippen LogP contribution is 2.26. The van der Waals surface area contributed by atoms with Gasteiger partial charge in [0.15, 0.2) is 5.69 Å². The number of nitrogens with two attached hydrogens (primary N) is 1. The first-order valence-corrected chi connectivity index (χ1v) is 7.02. The van der Waals surface area contributed by atoms with Crippen LogP contribution in [-0.2, 0) is 13.0 Å². The fourth-order valence-corrected chi connectivity index (χ4v) is 2.65. The minimum atomic E-state index is -0.426. The number of benzene rings is 1. The summed E-state index contributed by atoms with van der Waals surface area (Å²) in [5.41, 5.74) is 4.97. The van der Waals surface area contributed by atoms with Gasteiger partial charge in [-0.1, -0.05) is 23.4 Å². The number of hydrazine groups is 1. The van der Waals surface area contributed by atoms with E-state index in [1.807, 2.05) is 5.43 Å². The van der Waals surface area contributed by atoms with Gasteiger partial charge in [0.1, 0.15) is 0 Å². The molecule has 0 atom stereocenters. The highest BCUT2D eigenvalue weighted by molar-refractivity contribution is 5.91. The molecule has 2 heterocycles. The van der Waals surface area contributed by atoms with Crippen molar-refractivity contribution in [2.75, 3.05) is 18.0 Å². The molecule has 21 heavy (non-hydrogen) atoms. The summed E-state index contributed by atoms with van der Waals surface area (Å²) in [6.45, 7) is 2.56. The number of aryl methyl sites for hydroxylation is 1. The zero-order chi connectivity index (χ0) is 14.7. The van der Waals surface area contributed by atoms with Gasteiger partial charge in [-0.05, 0) is 24.5 Å². The van der Waals surface area contributed by atoms with Crippen molar-refractivity contribution in [3.63, 3.8) is 0 Å². The second kappa shape index (κ2) is 5.92. The van der Waals surface area contributed by atoms with Crippen molar-refractivity contribution in [2.24, 2.45) is 5.84 Å². The van der Waals surface area contributed by atoms with Crippen LogP contribution in [0.1, 0.15) is 22.5 Å². The number of para-hydroxylation sites is 1. The molecule has 1 aliphatic rings. The molecular formula is C14H18N6O. The predicted molar refractivity (Wildman–Crippen MR) is 78.7 cm³/mol. The van der Waals surface area contributed by atoms with Gasteiger partial charge in [0.2, 0.25) is 0 Å². The number of fused-ring (bicyclic) bond motifs is 1. The van der Waals surface area contributed by atoms with E-state index in [1.54, 1.807) is 10.9 Å². The summed E-state index contributed by atoms with van der Waals surface area (Å²) in [6, 6.07) is 8.48. The van der Waals surface area contributed by atoms with E-state index in [-0.39, 0.29) is 5.69 Å². The topological polar surface area (TPSA) is 89.1 Å². The minimum absolute atomic E-state index is 0.233. The Morgan fingerprint density at radius 3 is 3.05 bits per heavy atom. The van der Waals surface area contributed by atoms with Crippen molar-refractivity contribution in [1.82, 2.24) is 20.4 Å². The first-order valence-electron chi connectivity index (χ1n) is 7.02. The van der Waals surface area contributed by atoms with Gasteiger partial charge in [-0.15, -0.1) is 5.10 Å². The summed E-state index contributed by atoms with van der Waals surface area (Å²) in [6.07, 6.45) is 3.91. The van der Waals surface area contributed by atoms with Crippen LogP contribution in [0.2, 0.25) is 0 Å². The molecule has 1 aromatic heterocycles. The normalized spacial score (nSPS) is 13.9. The summed E-state index contributed by atoms with van der Waals surface area (Å²) < 4.78 is 1.67. The molecule has 3 rings (SSSR count). The standard InChI is InChI=1S/C14H18N6O/c15-16-14(21)12-10-20(18-17-12)9-8-19-7-3-5-11-4-1-2-6-13(11)19/h1-2,4,6,10H,3,5,7-9,15H2,(H,16,21). The van der Waals surface area contributed by atoms with Crippen LogP contribution in [0.15, 0.2) is 30.5 Å². The molecule has 1 amide bonds. The van der Waals surface area contributed by atoms with E-state index in [9.17, 15) is 4.79 Å². The number of anilines is 1. The van der Waals surface area contributed by atoms with Crippen molar-refractivity contribution >= 4 is 11.6 Å². The molecule has 0 aliphatic carbocycles. The number of aromatic nitrogens is 3. The molecule has 0 bridgehead atoms. The third-order valence-corrected chi connectivity index (χ3v) is 3.71. The van der Waals surface area contributed by atoms with Gasteiger partial charge in [-0.3, -0.25) is 10.2 Å². The van der Waals surface area contributed by atoms with Crippen LogP contribution in [0.4, 0.5) is 5.69 Å². The van der Waals surface area contributed by atoms with Gasteiger partial charge < -0.3 is 4.90 Å². The Kier molecular flexibility index (Phi) is 3.83. The molecular weight excluding hydrogens is 268 g/mol. The maximum Gasteiger partial charge on any atom is 0.287 e. The zero-order valence-electron chi connectivity index (χ0n) is 11.7. The lowest BCUT2D eigenvalue weighted by molar-refractivity contribution is 0.0948. The molecule has 0 saturated heterocycles. The molecule has 0 saturated carbocycles. The van der Waals surface area contributed by atoms with E-state index in [1.165, 1.54) is 11.3 Å². The molecule has 0 radical (unpaired) electrons. The SMILES string of the molecule is NNC(=O)c1cn(CCN2CCCc3ccccc32)nn1. The van der Waals surface area contributed by atoms with E-state index in [4.69, 9.17) is 5.84 Å². The number of nitrogens with zero attached hydrogens (tertiary/aromatic N) is 4. The number of hydrogen-bond donors (Lipinski definition) is 2. The first-order chi connectivity index (χ1) is 10.3.